The van der Waals surface area contributed by atoms with Gasteiger partial charge in [-0.15, -0.1) is 24.8 Å². The molecule has 2 aromatic rings. The van der Waals surface area contributed by atoms with Gasteiger partial charge < -0.3 is 9.88 Å². The Morgan fingerprint density at radius 1 is 1.33 bits per heavy atom. The number of hydrogen-bond acceptors (Lipinski definition) is 3. The highest BCUT2D eigenvalue weighted by atomic mass is 35.5. The Bertz CT molecular complexity index is 562. The van der Waals surface area contributed by atoms with Crippen LogP contribution in [0.25, 0.3) is 11.0 Å². The highest BCUT2D eigenvalue weighted by Crippen LogP contribution is 2.16. The molecule has 6 heteroatoms. The molecule has 1 aromatic heterocycles. The second kappa shape index (κ2) is 6.07. The minimum atomic E-state index is 0. The van der Waals surface area contributed by atoms with Gasteiger partial charge in [-0.05, 0) is 18.6 Å². The molecule has 0 spiro atoms. The molecular weight excluding hydrogens is 271 g/mol. The van der Waals surface area contributed by atoms with Crippen LogP contribution in [0.15, 0.2) is 29.5 Å². The lowest BCUT2D eigenvalue weighted by Crippen LogP contribution is -2.23. The summed E-state index contributed by atoms with van der Waals surface area (Å²) >= 11 is 0. The summed E-state index contributed by atoms with van der Waals surface area (Å²) in [5, 5.41) is 3.28. The molecule has 98 valence electrons. The fraction of sp³-hybridized carbons (Fsp3) is 0.333. The standard InChI is InChI=1S/C12H14N4.2ClH/c1-9-3-2-4-10-12(9)15-8-16(10)7-11-13-5-6-14-11;;/h2-4,8H,5-7H2,1H3,(H,13,14);2*1H. The van der Waals surface area contributed by atoms with Gasteiger partial charge in [0, 0.05) is 6.54 Å². The van der Waals surface area contributed by atoms with Crippen LogP contribution in [0, 0.1) is 6.92 Å². The quantitative estimate of drug-likeness (QED) is 0.920. The summed E-state index contributed by atoms with van der Waals surface area (Å²) in [6.07, 6.45) is 1.89. The third-order valence-electron chi connectivity index (χ3n) is 2.92. The zero-order valence-electron chi connectivity index (χ0n) is 10.1. The van der Waals surface area contributed by atoms with Gasteiger partial charge in [0.25, 0.3) is 0 Å². The van der Waals surface area contributed by atoms with Gasteiger partial charge in [-0.1, -0.05) is 12.1 Å². The Hall–Kier alpha value is -1.26. The number of aromatic nitrogens is 2. The van der Waals surface area contributed by atoms with Crippen molar-refractivity contribution < 1.29 is 0 Å². The van der Waals surface area contributed by atoms with Crippen molar-refractivity contribution in [3.63, 3.8) is 0 Å². The molecule has 0 fully saturated rings. The maximum Gasteiger partial charge on any atom is 0.117 e. The molecule has 2 heterocycles. The van der Waals surface area contributed by atoms with E-state index in [-0.39, 0.29) is 24.8 Å². The van der Waals surface area contributed by atoms with Crippen molar-refractivity contribution in [2.75, 3.05) is 13.1 Å². The number of amidine groups is 1. The zero-order chi connectivity index (χ0) is 11.0. The largest absolute Gasteiger partial charge is 0.370 e. The molecule has 18 heavy (non-hydrogen) atoms. The average molecular weight is 287 g/mol. The third kappa shape index (κ3) is 2.60. The van der Waals surface area contributed by atoms with Crippen molar-refractivity contribution >= 4 is 41.7 Å². The fourth-order valence-electron chi connectivity index (χ4n) is 2.07. The first kappa shape index (κ1) is 14.8. The summed E-state index contributed by atoms with van der Waals surface area (Å²) < 4.78 is 2.14. The highest BCUT2D eigenvalue weighted by Gasteiger charge is 2.09. The van der Waals surface area contributed by atoms with Gasteiger partial charge in [0.15, 0.2) is 0 Å². The molecule has 0 saturated heterocycles. The number of nitrogens with zero attached hydrogens (tertiary/aromatic N) is 3. The van der Waals surface area contributed by atoms with Crippen LogP contribution in [0.3, 0.4) is 0 Å². The molecule has 1 aliphatic heterocycles. The van der Waals surface area contributed by atoms with E-state index in [1.54, 1.807) is 0 Å². The lowest BCUT2D eigenvalue weighted by atomic mass is 10.2. The van der Waals surface area contributed by atoms with Gasteiger partial charge in [0.2, 0.25) is 0 Å². The monoisotopic (exact) mass is 286 g/mol. The minimum absolute atomic E-state index is 0. The van der Waals surface area contributed by atoms with Gasteiger partial charge in [0.1, 0.15) is 5.84 Å². The molecule has 1 N–H and O–H groups in total. The molecule has 0 amide bonds. The number of fused-ring (bicyclic) bond motifs is 1. The first-order valence-electron chi connectivity index (χ1n) is 5.52. The molecule has 4 nitrogen and oxygen atoms in total. The van der Waals surface area contributed by atoms with Crippen LogP contribution in [0.2, 0.25) is 0 Å². The Balaban J connectivity index is 0.000000810. The molecule has 0 unspecified atom stereocenters. The second-order valence-corrected chi connectivity index (χ2v) is 4.07. The van der Waals surface area contributed by atoms with Gasteiger partial charge in [0.05, 0.1) is 30.5 Å². The topological polar surface area (TPSA) is 42.2 Å². The summed E-state index contributed by atoms with van der Waals surface area (Å²) in [5.74, 6) is 1.06. The highest BCUT2D eigenvalue weighted by molar-refractivity contribution is 5.86. The van der Waals surface area contributed by atoms with E-state index in [2.05, 4.69) is 45.0 Å². The van der Waals surface area contributed by atoms with Crippen molar-refractivity contribution in [1.29, 1.82) is 0 Å². The number of rotatable bonds is 2. The van der Waals surface area contributed by atoms with E-state index in [9.17, 15) is 0 Å². The van der Waals surface area contributed by atoms with Crippen LogP contribution >= 0.6 is 24.8 Å². The number of benzene rings is 1. The SMILES string of the molecule is Cc1cccc2c1ncn2CC1=NCCN1.Cl.Cl. The number of aryl methyl sites for hydroxylation is 1. The van der Waals surface area contributed by atoms with Crippen LogP contribution in [-0.2, 0) is 6.54 Å². The van der Waals surface area contributed by atoms with E-state index in [1.807, 2.05) is 6.33 Å². The predicted octanol–water partition coefficient (Wildman–Crippen LogP) is 2.19. The fourth-order valence-corrected chi connectivity index (χ4v) is 2.07. The van der Waals surface area contributed by atoms with E-state index >= 15 is 0 Å². The lowest BCUT2D eigenvalue weighted by Gasteiger charge is -2.05. The van der Waals surface area contributed by atoms with E-state index in [0.717, 1.165) is 31.0 Å². The maximum absolute atomic E-state index is 4.44. The van der Waals surface area contributed by atoms with Crippen LogP contribution in [0.1, 0.15) is 5.56 Å². The van der Waals surface area contributed by atoms with Crippen molar-refractivity contribution in [3.8, 4) is 0 Å². The molecule has 0 saturated carbocycles. The van der Waals surface area contributed by atoms with E-state index in [4.69, 9.17) is 0 Å². The zero-order valence-corrected chi connectivity index (χ0v) is 11.7. The van der Waals surface area contributed by atoms with Gasteiger partial charge in [-0.3, -0.25) is 4.99 Å². The molecule has 1 aromatic carbocycles. The predicted molar refractivity (Wildman–Crippen MR) is 79.3 cm³/mol. The molecule has 0 atom stereocenters. The lowest BCUT2D eigenvalue weighted by molar-refractivity contribution is 0.851. The van der Waals surface area contributed by atoms with Crippen LogP contribution in [0.5, 0.6) is 0 Å². The minimum Gasteiger partial charge on any atom is -0.370 e. The smallest absolute Gasteiger partial charge is 0.117 e. The summed E-state index contributed by atoms with van der Waals surface area (Å²) in [4.78, 5) is 8.84. The summed E-state index contributed by atoms with van der Waals surface area (Å²) in [5.41, 5.74) is 3.48. The molecule has 1 aliphatic rings. The average Bonchev–Trinajstić information content (AvgIpc) is 2.90. The number of nitrogens with one attached hydrogen (secondary N) is 1. The van der Waals surface area contributed by atoms with Crippen LogP contribution in [-0.4, -0.2) is 28.5 Å². The van der Waals surface area contributed by atoms with Crippen LogP contribution in [0.4, 0.5) is 0 Å². The summed E-state index contributed by atoms with van der Waals surface area (Å²) in [6, 6.07) is 6.26. The Labute approximate surface area is 118 Å². The molecule has 0 aliphatic carbocycles. The van der Waals surface area contributed by atoms with E-state index in [1.165, 1.54) is 11.1 Å². The number of para-hydroxylation sites is 1. The van der Waals surface area contributed by atoms with Gasteiger partial charge in [-0.2, -0.15) is 0 Å². The van der Waals surface area contributed by atoms with E-state index < -0.39 is 0 Å². The van der Waals surface area contributed by atoms with Gasteiger partial charge in [-0.25, -0.2) is 4.98 Å². The van der Waals surface area contributed by atoms with Gasteiger partial charge >= 0.3 is 0 Å². The van der Waals surface area contributed by atoms with Crippen molar-refractivity contribution in [1.82, 2.24) is 14.9 Å². The van der Waals surface area contributed by atoms with E-state index in [0.29, 0.717) is 0 Å². The van der Waals surface area contributed by atoms with Crippen molar-refractivity contribution in [2.24, 2.45) is 4.99 Å². The molecular formula is C12H16Cl2N4. The second-order valence-electron chi connectivity index (χ2n) is 4.07. The van der Waals surface area contributed by atoms with Crippen molar-refractivity contribution in [3.05, 3.63) is 30.1 Å². The third-order valence-corrected chi connectivity index (χ3v) is 2.92. The molecule has 0 bridgehead atoms. The number of aliphatic imine (C=N–C) groups is 1. The Morgan fingerprint density at radius 3 is 2.89 bits per heavy atom. The van der Waals surface area contributed by atoms with Crippen LogP contribution < -0.4 is 5.32 Å². The summed E-state index contributed by atoms with van der Waals surface area (Å²) in [7, 11) is 0. The number of halogens is 2. The number of imidazole rings is 1. The normalized spacial score (nSPS) is 13.5. The number of hydrogen-bond donors (Lipinski definition) is 1. The Morgan fingerprint density at radius 2 is 2.17 bits per heavy atom. The first-order valence-corrected chi connectivity index (χ1v) is 5.52. The molecule has 0 radical (unpaired) electrons. The van der Waals surface area contributed by atoms with Crippen molar-refractivity contribution in [2.45, 2.75) is 13.5 Å². The maximum atomic E-state index is 4.44. The Kier molecular flexibility index (Phi) is 4.99. The summed E-state index contributed by atoms with van der Waals surface area (Å²) in [6.45, 7) is 4.73. The molecule has 3 rings (SSSR count). The first-order chi connectivity index (χ1) is 7.84.